The highest BCUT2D eigenvalue weighted by atomic mass is 14.9. The Morgan fingerprint density at radius 3 is 2.76 bits per heavy atom. The number of rotatable bonds is 1. The maximum atomic E-state index is 3.48. The van der Waals surface area contributed by atoms with Crippen LogP contribution in [0.2, 0.25) is 0 Å². The molecule has 1 heteroatoms. The number of benzene rings is 1. The van der Waals surface area contributed by atoms with Crippen molar-refractivity contribution in [2.75, 3.05) is 6.54 Å². The van der Waals surface area contributed by atoms with Crippen molar-refractivity contribution < 1.29 is 0 Å². The first-order valence-corrected chi connectivity index (χ1v) is 7.16. The molecule has 0 atom stereocenters. The highest BCUT2D eigenvalue weighted by Crippen LogP contribution is 2.38. The standard InChI is InChI=1S/C16H23N/c1-12-5-7-13(8-6-12)15-4-2-3-14-11-17-10-9-16(14)15/h2-4,12-13,17H,5-11H2,1H3. The molecule has 0 amide bonds. The van der Waals surface area contributed by atoms with Crippen molar-refractivity contribution in [2.24, 2.45) is 5.92 Å². The molecule has 0 aromatic heterocycles. The Labute approximate surface area is 105 Å². The van der Waals surface area contributed by atoms with Crippen molar-refractivity contribution in [1.82, 2.24) is 5.32 Å². The Hall–Kier alpha value is -0.820. The van der Waals surface area contributed by atoms with Gasteiger partial charge in [0.1, 0.15) is 0 Å². The molecule has 1 aromatic carbocycles. The van der Waals surface area contributed by atoms with Crippen LogP contribution >= 0.6 is 0 Å². The molecule has 1 N–H and O–H groups in total. The molecule has 1 nitrogen and oxygen atoms in total. The van der Waals surface area contributed by atoms with Crippen LogP contribution in [0.3, 0.4) is 0 Å². The maximum Gasteiger partial charge on any atom is 0.0208 e. The van der Waals surface area contributed by atoms with E-state index in [-0.39, 0.29) is 0 Å². The lowest BCUT2D eigenvalue weighted by Gasteiger charge is -2.30. The van der Waals surface area contributed by atoms with Gasteiger partial charge in [0.05, 0.1) is 0 Å². The third-order valence-corrected chi connectivity index (χ3v) is 4.63. The van der Waals surface area contributed by atoms with E-state index in [2.05, 4.69) is 30.4 Å². The molecule has 3 rings (SSSR count). The first-order chi connectivity index (χ1) is 8.34. The van der Waals surface area contributed by atoms with Crippen LogP contribution in [-0.4, -0.2) is 6.54 Å². The maximum absolute atomic E-state index is 3.48. The van der Waals surface area contributed by atoms with Gasteiger partial charge in [0.2, 0.25) is 0 Å². The van der Waals surface area contributed by atoms with Crippen LogP contribution in [0, 0.1) is 5.92 Å². The molecule has 17 heavy (non-hydrogen) atoms. The van der Waals surface area contributed by atoms with E-state index >= 15 is 0 Å². The van der Waals surface area contributed by atoms with Gasteiger partial charge in [-0.1, -0.05) is 38.0 Å². The zero-order valence-corrected chi connectivity index (χ0v) is 10.8. The molecule has 1 fully saturated rings. The van der Waals surface area contributed by atoms with Crippen LogP contribution in [0.25, 0.3) is 0 Å². The van der Waals surface area contributed by atoms with E-state index in [1.165, 1.54) is 32.1 Å². The average Bonchev–Trinajstić information content (AvgIpc) is 2.39. The molecule has 0 bridgehead atoms. The molecule has 1 aliphatic carbocycles. The summed E-state index contributed by atoms with van der Waals surface area (Å²) in [6.07, 6.45) is 6.90. The van der Waals surface area contributed by atoms with Crippen LogP contribution < -0.4 is 5.32 Å². The topological polar surface area (TPSA) is 12.0 Å². The Balaban J connectivity index is 1.87. The molecule has 1 aliphatic heterocycles. The molecule has 0 spiro atoms. The fourth-order valence-electron chi connectivity index (χ4n) is 3.52. The number of hydrogen-bond donors (Lipinski definition) is 1. The molecule has 0 radical (unpaired) electrons. The molecule has 1 heterocycles. The minimum atomic E-state index is 0.847. The van der Waals surface area contributed by atoms with E-state index in [1.807, 2.05) is 0 Å². The van der Waals surface area contributed by atoms with Gasteiger partial charge in [0.25, 0.3) is 0 Å². The van der Waals surface area contributed by atoms with Gasteiger partial charge in [0.15, 0.2) is 0 Å². The minimum Gasteiger partial charge on any atom is -0.312 e. The quantitative estimate of drug-likeness (QED) is 0.775. The lowest BCUT2D eigenvalue weighted by Crippen LogP contribution is -2.25. The van der Waals surface area contributed by atoms with Crippen molar-refractivity contribution in [3.8, 4) is 0 Å². The summed E-state index contributed by atoms with van der Waals surface area (Å²) in [5, 5.41) is 3.48. The van der Waals surface area contributed by atoms with Crippen molar-refractivity contribution >= 4 is 0 Å². The van der Waals surface area contributed by atoms with Crippen LogP contribution in [0.5, 0.6) is 0 Å². The zero-order valence-electron chi connectivity index (χ0n) is 10.8. The van der Waals surface area contributed by atoms with Crippen molar-refractivity contribution in [3.05, 3.63) is 34.9 Å². The smallest absolute Gasteiger partial charge is 0.0208 e. The molecule has 1 saturated carbocycles. The highest BCUT2D eigenvalue weighted by Gasteiger charge is 2.23. The predicted octanol–water partition coefficient (Wildman–Crippen LogP) is 3.63. The van der Waals surface area contributed by atoms with Crippen molar-refractivity contribution in [1.29, 1.82) is 0 Å². The Morgan fingerprint density at radius 1 is 1.12 bits per heavy atom. The number of fused-ring (bicyclic) bond motifs is 1. The Bertz CT molecular complexity index is 389. The fourth-order valence-corrected chi connectivity index (χ4v) is 3.52. The minimum absolute atomic E-state index is 0.847. The van der Waals surface area contributed by atoms with E-state index in [0.29, 0.717) is 0 Å². The van der Waals surface area contributed by atoms with E-state index in [0.717, 1.165) is 24.9 Å². The lowest BCUT2D eigenvalue weighted by molar-refractivity contribution is 0.346. The van der Waals surface area contributed by atoms with Gasteiger partial charge in [-0.3, -0.25) is 0 Å². The summed E-state index contributed by atoms with van der Waals surface area (Å²) in [6, 6.07) is 6.96. The van der Waals surface area contributed by atoms with Crippen molar-refractivity contribution in [2.45, 2.75) is 51.5 Å². The van der Waals surface area contributed by atoms with Gasteiger partial charge in [-0.2, -0.15) is 0 Å². The van der Waals surface area contributed by atoms with Crippen molar-refractivity contribution in [3.63, 3.8) is 0 Å². The third-order valence-electron chi connectivity index (χ3n) is 4.63. The van der Waals surface area contributed by atoms with Crippen LogP contribution in [-0.2, 0) is 13.0 Å². The molecular weight excluding hydrogens is 206 g/mol. The largest absolute Gasteiger partial charge is 0.312 e. The first kappa shape index (κ1) is 11.3. The van der Waals surface area contributed by atoms with Gasteiger partial charge >= 0.3 is 0 Å². The average molecular weight is 229 g/mol. The molecule has 92 valence electrons. The zero-order chi connectivity index (χ0) is 11.7. The van der Waals surface area contributed by atoms with Gasteiger partial charge in [-0.25, -0.2) is 0 Å². The fraction of sp³-hybridized carbons (Fsp3) is 0.625. The second-order valence-electron chi connectivity index (χ2n) is 5.87. The SMILES string of the molecule is CC1CCC(c2cccc3c2CCNC3)CC1. The summed E-state index contributed by atoms with van der Waals surface area (Å²) in [5.41, 5.74) is 4.90. The second-order valence-corrected chi connectivity index (χ2v) is 5.87. The monoisotopic (exact) mass is 229 g/mol. The Kier molecular flexibility index (Phi) is 3.19. The predicted molar refractivity (Wildman–Crippen MR) is 72.2 cm³/mol. The number of hydrogen-bond acceptors (Lipinski definition) is 1. The van der Waals surface area contributed by atoms with Crippen LogP contribution in [0.15, 0.2) is 18.2 Å². The number of nitrogens with one attached hydrogen (secondary N) is 1. The third kappa shape index (κ3) is 2.26. The highest BCUT2D eigenvalue weighted by molar-refractivity contribution is 5.39. The van der Waals surface area contributed by atoms with Gasteiger partial charge in [-0.15, -0.1) is 0 Å². The second kappa shape index (κ2) is 4.81. The first-order valence-electron chi connectivity index (χ1n) is 7.16. The summed E-state index contributed by atoms with van der Waals surface area (Å²) < 4.78 is 0. The van der Waals surface area contributed by atoms with E-state index in [4.69, 9.17) is 0 Å². The summed E-state index contributed by atoms with van der Waals surface area (Å²) in [5.74, 6) is 1.80. The van der Waals surface area contributed by atoms with Gasteiger partial charge < -0.3 is 5.32 Å². The normalized spacial score (nSPS) is 28.8. The summed E-state index contributed by atoms with van der Waals surface area (Å²) in [4.78, 5) is 0. The van der Waals surface area contributed by atoms with Crippen LogP contribution in [0.1, 0.15) is 55.2 Å². The van der Waals surface area contributed by atoms with E-state index in [9.17, 15) is 0 Å². The summed E-state index contributed by atoms with van der Waals surface area (Å²) >= 11 is 0. The van der Waals surface area contributed by atoms with Crippen LogP contribution in [0.4, 0.5) is 0 Å². The molecule has 1 aromatic rings. The molecule has 2 aliphatic rings. The summed E-state index contributed by atoms with van der Waals surface area (Å²) in [7, 11) is 0. The Morgan fingerprint density at radius 2 is 1.94 bits per heavy atom. The molecule has 0 saturated heterocycles. The molecular formula is C16H23N. The van der Waals surface area contributed by atoms with E-state index in [1.54, 1.807) is 16.7 Å². The summed E-state index contributed by atoms with van der Waals surface area (Å²) in [6.45, 7) is 4.64. The van der Waals surface area contributed by atoms with Gasteiger partial charge in [0, 0.05) is 6.54 Å². The van der Waals surface area contributed by atoms with Gasteiger partial charge in [-0.05, 0) is 54.3 Å². The van der Waals surface area contributed by atoms with E-state index < -0.39 is 0 Å². The molecule has 0 unspecified atom stereocenters. The lowest BCUT2D eigenvalue weighted by atomic mass is 9.76.